The smallest absolute Gasteiger partial charge is 0.132 e. The standard InChI is InChI=1S/C10H20O2/c1-3-6-10(9(2)12)7-4-5-8-11/h10-11H,3-8H2,1-2H3. The molecule has 0 radical (unpaired) electrons. The van der Waals surface area contributed by atoms with Crippen molar-refractivity contribution in [3.05, 3.63) is 0 Å². The van der Waals surface area contributed by atoms with Gasteiger partial charge in [0.2, 0.25) is 0 Å². The zero-order chi connectivity index (χ0) is 9.40. The van der Waals surface area contributed by atoms with Crippen molar-refractivity contribution in [3.63, 3.8) is 0 Å². The number of hydrogen-bond donors (Lipinski definition) is 1. The molecule has 2 heteroatoms. The molecule has 1 unspecified atom stereocenters. The maximum absolute atomic E-state index is 11.1. The molecule has 0 saturated carbocycles. The Bertz CT molecular complexity index is 121. The molecule has 0 aliphatic heterocycles. The zero-order valence-corrected chi connectivity index (χ0v) is 8.18. The first-order valence-corrected chi connectivity index (χ1v) is 4.83. The Balaban J connectivity index is 3.56. The van der Waals surface area contributed by atoms with Gasteiger partial charge < -0.3 is 5.11 Å². The maximum atomic E-state index is 11.1. The molecule has 1 N–H and O–H groups in total. The highest BCUT2D eigenvalue weighted by molar-refractivity contribution is 5.78. The molecule has 1 atom stereocenters. The van der Waals surface area contributed by atoms with Crippen molar-refractivity contribution < 1.29 is 9.90 Å². The van der Waals surface area contributed by atoms with Crippen LogP contribution in [0.3, 0.4) is 0 Å². The summed E-state index contributed by atoms with van der Waals surface area (Å²) in [5.74, 6) is 0.538. The van der Waals surface area contributed by atoms with E-state index in [1.807, 2.05) is 0 Å². The van der Waals surface area contributed by atoms with E-state index in [4.69, 9.17) is 5.11 Å². The number of unbranched alkanes of at least 4 members (excludes halogenated alkanes) is 1. The van der Waals surface area contributed by atoms with Gasteiger partial charge in [-0.05, 0) is 26.2 Å². The Morgan fingerprint density at radius 2 is 2.00 bits per heavy atom. The molecule has 12 heavy (non-hydrogen) atoms. The van der Waals surface area contributed by atoms with Gasteiger partial charge in [-0.1, -0.05) is 19.8 Å². The van der Waals surface area contributed by atoms with E-state index in [0.717, 1.165) is 32.1 Å². The van der Waals surface area contributed by atoms with Crippen LogP contribution in [0, 0.1) is 5.92 Å². The van der Waals surface area contributed by atoms with Crippen LogP contribution in [0.2, 0.25) is 0 Å². The number of carbonyl (C=O) groups excluding carboxylic acids is 1. The van der Waals surface area contributed by atoms with Gasteiger partial charge in [0.05, 0.1) is 0 Å². The third-order valence-electron chi connectivity index (χ3n) is 2.17. The van der Waals surface area contributed by atoms with Crippen LogP contribution in [0.5, 0.6) is 0 Å². The van der Waals surface area contributed by atoms with E-state index >= 15 is 0 Å². The topological polar surface area (TPSA) is 37.3 Å². The Morgan fingerprint density at radius 1 is 1.33 bits per heavy atom. The highest BCUT2D eigenvalue weighted by Gasteiger charge is 2.11. The molecular formula is C10H20O2. The summed E-state index contributed by atoms with van der Waals surface area (Å²) in [5, 5.41) is 8.56. The van der Waals surface area contributed by atoms with Crippen LogP contribution < -0.4 is 0 Å². The van der Waals surface area contributed by atoms with E-state index in [-0.39, 0.29) is 12.5 Å². The highest BCUT2D eigenvalue weighted by atomic mass is 16.2. The minimum absolute atomic E-state index is 0.238. The minimum Gasteiger partial charge on any atom is -0.396 e. The Hall–Kier alpha value is -0.370. The van der Waals surface area contributed by atoms with Crippen LogP contribution >= 0.6 is 0 Å². The molecular weight excluding hydrogens is 152 g/mol. The molecule has 0 amide bonds. The summed E-state index contributed by atoms with van der Waals surface area (Å²) in [6.45, 7) is 4.01. The molecule has 0 aromatic carbocycles. The van der Waals surface area contributed by atoms with E-state index in [0.29, 0.717) is 5.78 Å². The van der Waals surface area contributed by atoms with E-state index in [9.17, 15) is 4.79 Å². The SMILES string of the molecule is CCCC(CCCCO)C(C)=O. The normalized spacial score (nSPS) is 12.9. The van der Waals surface area contributed by atoms with Crippen molar-refractivity contribution in [3.8, 4) is 0 Å². The second-order valence-corrected chi connectivity index (χ2v) is 3.32. The van der Waals surface area contributed by atoms with E-state index in [1.165, 1.54) is 0 Å². The van der Waals surface area contributed by atoms with Gasteiger partial charge >= 0.3 is 0 Å². The fourth-order valence-electron chi connectivity index (χ4n) is 1.40. The van der Waals surface area contributed by atoms with Crippen LogP contribution in [0.1, 0.15) is 46.0 Å². The zero-order valence-electron chi connectivity index (χ0n) is 8.18. The van der Waals surface area contributed by atoms with Gasteiger partial charge in [0.25, 0.3) is 0 Å². The second kappa shape index (κ2) is 7.29. The molecule has 0 rings (SSSR count). The molecule has 0 aromatic heterocycles. The molecule has 0 aromatic rings. The van der Waals surface area contributed by atoms with Crippen LogP contribution in [0.15, 0.2) is 0 Å². The van der Waals surface area contributed by atoms with Crippen LogP contribution in [0.4, 0.5) is 0 Å². The predicted octanol–water partition coefficient (Wildman–Crippen LogP) is 2.15. The number of ketones is 1. The van der Waals surface area contributed by atoms with Gasteiger partial charge in [-0.25, -0.2) is 0 Å². The first-order chi connectivity index (χ1) is 5.72. The van der Waals surface area contributed by atoms with Gasteiger partial charge in [-0.3, -0.25) is 4.79 Å². The van der Waals surface area contributed by atoms with Crippen LogP contribution in [-0.4, -0.2) is 17.5 Å². The molecule has 0 fully saturated rings. The highest BCUT2D eigenvalue weighted by Crippen LogP contribution is 2.15. The predicted molar refractivity (Wildman–Crippen MR) is 50.0 cm³/mol. The van der Waals surface area contributed by atoms with Crippen molar-refractivity contribution in [2.45, 2.75) is 46.0 Å². The third kappa shape index (κ3) is 5.30. The Labute approximate surface area is 75.0 Å². The summed E-state index contributed by atoms with van der Waals surface area (Å²) < 4.78 is 0. The summed E-state index contributed by atoms with van der Waals surface area (Å²) >= 11 is 0. The molecule has 2 nitrogen and oxygen atoms in total. The fraction of sp³-hybridized carbons (Fsp3) is 0.900. The average Bonchev–Trinajstić information content (AvgIpc) is 2.03. The van der Waals surface area contributed by atoms with Gasteiger partial charge in [-0.15, -0.1) is 0 Å². The number of aliphatic hydroxyl groups excluding tert-OH is 1. The number of carbonyl (C=O) groups is 1. The lowest BCUT2D eigenvalue weighted by atomic mass is 9.94. The molecule has 0 aliphatic carbocycles. The Morgan fingerprint density at radius 3 is 2.42 bits per heavy atom. The lowest BCUT2D eigenvalue weighted by Crippen LogP contribution is -2.10. The molecule has 0 spiro atoms. The summed E-state index contributed by atoms with van der Waals surface area (Å²) in [7, 11) is 0. The number of Topliss-reactive ketones (excluding diaryl/α,β-unsaturated/α-hetero) is 1. The number of aliphatic hydroxyl groups is 1. The van der Waals surface area contributed by atoms with E-state index in [2.05, 4.69) is 6.92 Å². The van der Waals surface area contributed by atoms with E-state index in [1.54, 1.807) is 6.92 Å². The lowest BCUT2D eigenvalue weighted by molar-refractivity contribution is -0.121. The van der Waals surface area contributed by atoms with Crippen LogP contribution in [-0.2, 0) is 4.79 Å². The molecule has 72 valence electrons. The van der Waals surface area contributed by atoms with E-state index < -0.39 is 0 Å². The van der Waals surface area contributed by atoms with Crippen molar-refractivity contribution in [2.24, 2.45) is 5.92 Å². The van der Waals surface area contributed by atoms with Crippen molar-refractivity contribution >= 4 is 5.78 Å². The first kappa shape index (κ1) is 11.6. The molecule has 0 bridgehead atoms. The van der Waals surface area contributed by atoms with Gasteiger partial charge in [0.1, 0.15) is 5.78 Å². The lowest BCUT2D eigenvalue weighted by Gasteiger charge is -2.11. The van der Waals surface area contributed by atoms with Crippen molar-refractivity contribution in [1.82, 2.24) is 0 Å². The fourth-order valence-corrected chi connectivity index (χ4v) is 1.40. The minimum atomic E-state index is 0.238. The summed E-state index contributed by atoms with van der Waals surface area (Å²) in [6.07, 6.45) is 4.82. The molecule has 0 saturated heterocycles. The maximum Gasteiger partial charge on any atom is 0.132 e. The van der Waals surface area contributed by atoms with Crippen LogP contribution in [0.25, 0.3) is 0 Å². The third-order valence-corrected chi connectivity index (χ3v) is 2.17. The average molecular weight is 172 g/mol. The van der Waals surface area contributed by atoms with Gasteiger partial charge in [0.15, 0.2) is 0 Å². The Kier molecular flexibility index (Phi) is 7.06. The molecule has 0 aliphatic rings. The largest absolute Gasteiger partial charge is 0.396 e. The van der Waals surface area contributed by atoms with Gasteiger partial charge in [0, 0.05) is 12.5 Å². The van der Waals surface area contributed by atoms with Gasteiger partial charge in [-0.2, -0.15) is 0 Å². The summed E-state index contributed by atoms with van der Waals surface area (Å²) in [4.78, 5) is 11.1. The summed E-state index contributed by atoms with van der Waals surface area (Å²) in [6, 6.07) is 0. The van der Waals surface area contributed by atoms with Crippen molar-refractivity contribution in [2.75, 3.05) is 6.61 Å². The van der Waals surface area contributed by atoms with Crippen molar-refractivity contribution in [1.29, 1.82) is 0 Å². The quantitative estimate of drug-likeness (QED) is 0.597. The number of rotatable bonds is 7. The molecule has 0 heterocycles. The summed E-state index contributed by atoms with van der Waals surface area (Å²) in [5.41, 5.74) is 0. The first-order valence-electron chi connectivity index (χ1n) is 4.83. The number of hydrogen-bond acceptors (Lipinski definition) is 2. The monoisotopic (exact) mass is 172 g/mol. The second-order valence-electron chi connectivity index (χ2n) is 3.32.